The number of nitrogens with one attached hydrogen (secondary N) is 5. The van der Waals surface area contributed by atoms with Crippen molar-refractivity contribution in [2.75, 3.05) is 65.4 Å². The number of fused-ring (bicyclic) bond motifs is 5. The molecule has 0 heterocycles. The van der Waals surface area contributed by atoms with Gasteiger partial charge in [-0.05, 0) is 112 Å². The number of aliphatic hydroxyl groups excluding tert-OH is 2. The Labute approximate surface area is 286 Å². The van der Waals surface area contributed by atoms with Crippen LogP contribution in [0.25, 0.3) is 0 Å². The number of carbonyl (C=O) groups is 1. The van der Waals surface area contributed by atoms with Gasteiger partial charge in [-0.25, -0.2) is 0 Å². The summed E-state index contributed by atoms with van der Waals surface area (Å²) in [7, 11) is 0. The maximum absolute atomic E-state index is 12.3. The quantitative estimate of drug-likeness (QED) is 0.0719. The van der Waals surface area contributed by atoms with Crippen LogP contribution in [-0.2, 0) is 9.53 Å². The van der Waals surface area contributed by atoms with Crippen molar-refractivity contribution in [3.63, 3.8) is 0 Å². The zero-order valence-corrected chi connectivity index (χ0v) is 30.5. The number of aliphatic hydroxyl groups is 2. The van der Waals surface area contributed by atoms with E-state index in [4.69, 9.17) is 10.5 Å². The lowest BCUT2D eigenvalue weighted by Crippen LogP contribution is -2.62. The van der Waals surface area contributed by atoms with Gasteiger partial charge in [-0.3, -0.25) is 4.79 Å². The van der Waals surface area contributed by atoms with Gasteiger partial charge in [-0.15, -0.1) is 0 Å². The molecule has 4 aliphatic rings. The van der Waals surface area contributed by atoms with Crippen LogP contribution in [0.1, 0.15) is 92.4 Å². The highest BCUT2D eigenvalue weighted by Gasteiger charge is 2.65. The van der Waals surface area contributed by atoms with Crippen molar-refractivity contribution in [3.8, 4) is 0 Å². The van der Waals surface area contributed by atoms with Gasteiger partial charge in [-0.1, -0.05) is 20.8 Å². The van der Waals surface area contributed by atoms with E-state index in [0.717, 1.165) is 97.4 Å². The molecule has 4 saturated carbocycles. The number of carbonyl (C=O) groups excluding carboxylic acids is 1. The van der Waals surface area contributed by atoms with E-state index in [1.54, 1.807) is 0 Å². The molecule has 0 radical (unpaired) electrons. The van der Waals surface area contributed by atoms with Crippen LogP contribution in [0.2, 0.25) is 0 Å². The van der Waals surface area contributed by atoms with Crippen LogP contribution in [0.15, 0.2) is 0 Å². The first-order valence-electron chi connectivity index (χ1n) is 19.3. The zero-order chi connectivity index (χ0) is 34.0. The van der Waals surface area contributed by atoms with Crippen LogP contribution in [0.5, 0.6) is 0 Å². The van der Waals surface area contributed by atoms with E-state index in [2.05, 4.69) is 47.4 Å². The second-order valence-corrected chi connectivity index (χ2v) is 16.4. The van der Waals surface area contributed by atoms with Crippen molar-refractivity contribution in [1.29, 1.82) is 0 Å². The van der Waals surface area contributed by atoms with Gasteiger partial charge in [0.2, 0.25) is 0 Å². The average molecular weight is 665 g/mol. The van der Waals surface area contributed by atoms with Crippen molar-refractivity contribution in [2.24, 2.45) is 52.1 Å². The van der Waals surface area contributed by atoms with Crippen molar-refractivity contribution >= 4 is 5.97 Å². The Morgan fingerprint density at radius 2 is 1.45 bits per heavy atom. The monoisotopic (exact) mass is 665 g/mol. The molecule has 4 unspecified atom stereocenters. The number of nitrogens with two attached hydrogens (primary N) is 1. The third-order valence-electron chi connectivity index (χ3n) is 13.2. The fourth-order valence-corrected chi connectivity index (χ4v) is 10.7. The summed E-state index contributed by atoms with van der Waals surface area (Å²) in [5.74, 6) is 2.07. The van der Waals surface area contributed by atoms with Crippen LogP contribution in [0.4, 0.5) is 0 Å². The molecule has 0 bridgehead atoms. The molecule has 0 aromatic heterocycles. The predicted octanol–water partition coefficient (Wildman–Crippen LogP) is 2.23. The van der Waals surface area contributed by atoms with E-state index < -0.39 is 0 Å². The average Bonchev–Trinajstić information content (AvgIpc) is 3.39. The van der Waals surface area contributed by atoms with Gasteiger partial charge in [0.1, 0.15) is 0 Å². The molecule has 47 heavy (non-hydrogen) atoms. The lowest BCUT2D eigenvalue weighted by molar-refractivity contribution is -0.202. The highest BCUT2D eigenvalue weighted by atomic mass is 16.5. The van der Waals surface area contributed by atoms with Gasteiger partial charge in [0.25, 0.3) is 0 Å². The topological polar surface area (TPSA) is 153 Å². The molecular formula is C37H72N6O4. The van der Waals surface area contributed by atoms with E-state index >= 15 is 0 Å². The predicted molar refractivity (Wildman–Crippen MR) is 190 cm³/mol. The third-order valence-corrected chi connectivity index (χ3v) is 13.2. The molecule has 0 saturated heterocycles. The van der Waals surface area contributed by atoms with E-state index in [9.17, 15) is 15.0 Å². The molecular weight excluding hydrogens is 592 g/mol. The molecule has 0 aromatic rings. The molecule has 10 heteroatoms. The standard InChI is InChI=1S/C37H72N6O4/c1-25(2)47-34(46)9-6-26(3)29-7-8-30-35-31(24-33(45)37(29,30)5)36(4)11-10-28(22-27(36)23-32(35)44)43-21-20-42-19-18-41-17-16-40-15-14-39-13-12-38/h25-33,35,39-45H,6-24,38H2,1-5H3/t26-,27?,28+,29-,30?,31?,32-,33+,35?,36+,37-/m1/s1. The fourth-order valence-electron chi connectivity index (χ4n) is 10.7. The number of hydrogen-bond acceptors (Lipinski definition) is 10. The lowest BCUT2D eigenvalue weighted by atomic mass is 9.43. The van der Waals surface area contributed by atoms with Gasteiger partial charge in [0.05, 0.1) is 18.3 Å². The number of hydrogen-bond donors (Lipinski definition) is 8. The summed E-state index contributed by atoms with van der Waals surface area (Å²) in [5, 5.41) is 41.3. The van der Waals surface area contributed by atoms with Gasteiger partial charge in [0, 0.05) is 77.9 Å². The maximum atomic E-state index is 12.3. The second-order valence-electron chi connectivity index (χ2n) is 16.4. The minimum atomic E-state index is -0.356. The van der Waals surface area contributed by atoms with Gasteiger partial charge < -0.3 is 47.3 Å². The van der Waals surface area contributed by atoms with E-state index in [0.29, 0.717) is 48.6 Å². The van der Waals surface area contributed by atoms with Gasteiger partial charge in [0.15, 0.2) is 0 Å². The highest BCUT2D eigenvalue weighted by Crippen LogP contribution is 2.68. The summed E-state index contributed by atoms with van der Waals surface area (Å²) in [6.07, 6.45) is 7.83. The van der Waals surface area contributed by atoms with Crippen LogP contribution in [0.3, 0.4) is 0 Å². The minimum absolute atomic E-state index is 0.0828. The van der Waals surface area contributed by atoms with Crippen LogP contribution >= 0.6 is 0 Å². The van der Waals surface area contributed by atoms with Crippen LogP contribution in [0, 0.1) is 46.3 Å². The fraction of sp³-hybridized carbons (Fsp3) is 0.973. The molecule has 0 amide bonds. The van der Waals surface area contributed by atoms with E-state index in [1.807, 2.05) is 13.8 Å². The molecule has 274 valence electrons. The number of rotatable bonds is 20. The van der Waals surface area contributed by atoms with Crippen molar-refractivity contribution in [1.82, 2.24) is 26.6 Å². The van der Waals surface area contributed by atoms with E-state index in [1.165, 1.54) is 12.8 Å². The number of ether oxygens (including phenoxy) is 1. The smallest absolute Gasteiger partial charge is 0.306 e. The molecule has 9 N–H and O–H groups in total. The molecule has 11 atom stereocenters. The Balaban J connectivity index is 1.19. The Bertz CT molecular complexity index is 943. The highest BCUT2D eigenvalue weighted by molar-refractivity contribution is 5.69. The first-order chi connectivity index (χ1) is 22.5. The molecule has 4 aliphatic carbocycles. The molecule has 10 nitrogen and oxygen atoms in total. The molecule has 0 aliphatic heterocycles. The van der Waals surface area contributed by atoms with Gasteiger partial charge >= 0.3 is 5.97 Å². The third kappa shape index (κ3) is 9.69. The second kappa shape index (κ2) is 18.4. The Kier molecular flexibility index (Phi) is 15.3. The summed E-state index contributed by atoms with van der Waals surface area (Å²) >= 11 is 0. The molecule has 0 spiro atoms. The van der Waals surface area contributed by atoms with Crippen molar-refractivity contribution in [2.45, 2.75) is 117 Å². The summed E-state index contributed by atoms with van der Waals surface area (Å²) in [6.45, 7) is 20.2. The first kappa shape index (κ1) is 38.9. The van der Waals surface area contributed by atoms with Crippen LogP contribution < -0.4 is 32.3 Å². The minimum Gasteiger partial charge on any atom is -0.463 e. The van der Waals surface area contributed by atoms with Crippen LogP contribution in [-0.4, -0.2) is 106 Å². The maximum Gasteiger partial charge on any atom is 0.306 e. The Hall–Kier alpha value is -0.850. The summed E-state index contributed by atoms with van der Waals surface area (Å²) in [6, 6.07) is 0.500. The molecule has 4 rings (SSSR count). The zero-order valence-electron chi connectivity index (χ0n) is 30.5. The summed E-state index contributed by atoms with van der Waals surface area (Å²) in [5.41, 5.74) is 5.45. The normalized spacial score (nSPS) is 37.3. The SMILES string of the molecule is CC(C)OC(=O)CC[C@@H](C)[C@H]1CCC2C3C(C[C@H](O)[C@@]21C)[C@@]1(C)CC[C@H](NCCNCCNCCNCCNCCN)CC1C[C@H]3O. The molecule has 4 fully saturated rings. The Morgan fingerprint density at radius 1 is 0.830 bits per heavy atom. The largest absolute Gasteiger partial charge is 0.463 e. The van der Waals surface area contributed by atoms with Crippen molar-refractivity contribution < 1.29 is 19.7 Å². The molecule has 0 aromatic carbocycles. The number of esters is 1. The van der Waals surface area contributed by atoms with Crippen molar-refractivity contribution in [3.05, 3.63) is 0 Å². The van der Waals surface area contributed by atoms with E-state index in [-0.39, 0.29) is 41.0 Å². The summed E-state index contributed by atoms with van der Waals surface area (Å²) in [4.78, 5) is 12.3. The Morgan fingerprint density at radius 3 is 2.06 bits per heavy atom. The summed E-state index contributed by atoms with van der Waals surface area (Å²) < 4.78 is 5.40. The van der Waals surface area contributed by atoms with Gasteiger partial charge in [-0.2, -0.15) is 0 Å². The first-order valence-corrected chi connectivity index (χ1v) is 19.3. The lowest BCUT2D eigenvalue weighted by Gasteiger charge is -2.63.